The van der Waals surface area contributed by atoms with Gasteiger partial charge in [0.1, 0.15) is 0 Å². The summed E-state index contributed by atoms with van der Waals surface area (Å²) >= 11 is 1.41. The van der Waals surface area contributed by atoms with Crippen molar-refractivity contribution in [1.29, 1.82) is 0 Å². The highest BCUT2D eigenvalue weighted by Crippen LogP contribution is 2.11. The quantitative estimate of drug-likeness (QED) is 0.753. The van der Waals surface area contributed by atoms with Crippen LogP contribution in [0.3, 0.4) is 0 Å². The number of aromatic nitrogens is 3. The number of hydrogen-bond acceptors (Lipinski definition) is 6. The molecule has 0 fully saturated rings. The zero-order chi connectivity index (χ0) is 16.1. The van der Waals surface area contributed by atoms with E-state index in [9.17, 15) is 4.79 Å². The fourth-order valence-electron chi connectivity index (χ4n) is 2.19. The molecule has 2 heterocycles. The van der Waals surface area contributed by atoms with Crippen LogP contribution in [0.4, 0.5) is 5.13 Å². The highest BCUT2D eigenvalue weighted by Gasteiger charge is 2.08. The van der Waals surface area contributed by atoms with Gasteiger partial charge in [-0.1, -0.05) is 12.1 Å². The van der Waals surface area contributed by atoms with Crippen molar-refractivity contribution < 1.29 is 4.79 Å². The number of anilines is 1. The van der Waals surface area contributed by atoms with Crippen molar-refractivity contribution in [3.63, 3.8) is 0 Å². The molecular weight excluding hydrogens is 310 g/mol. The molecule has 3 rings (SSSR count). The number of nitrogens with one attached hydrogen (secondary N) is 1. The summed E-state index contributed by atoms with van der Waals surface area (Å²) in [6, 6.07) is 7.80. The summed E-state index contributed by atoms with van der Waals surface area (Å²) in [7, 11) is 1.97. The van der Waals surface area contributed by atoms with E-state index in [1.807, 2.05) is 36.7 Å². The first-order valence-electron chi connectivity index (χ1n) is 7.29. The first kappa shape index (κ1) is 15.5. The van der Waals surface area contributed by atoms with Crippen LogP contribution in [0.25, 0.3) is 11.0 Å². The SMILES string of the molecule is CN(CCC(=O)Nc1nccs1)Cc1cnc2ccccc2n1. The lowest BCUT2D eigenvalue weighted by molar-refractivity contribution is -0.116. The van der Waals surface area contributed by atoms with Crippen molar-refractivity contribution >= 4 is 33.4 Å². The van der Waals surface area contributed by atoms with Gasteiger partial charge in [-0.2, -0.15) is 0 Å². The van der Waals surface area contributed by atoms with Crippen molar-refractivity contribution in [2.24, 2.45) is 0 Å². The number of fused-ring (bicyclic) bond motifs is 1. The molecule has 0 radical (unpaired) electrons. The van der Waals surface area contributed by atoms with Crippen LogP contribution in [0, 0.1) is 0 Å². The lowest BCUT2D eigenvalue weighted by Crippen LogP contribution is -2.24. The highest BCUT2D eigenvalue weighted by molar-refractivity contribution is 7.13. The van der Waals surface area contributed by atoms with Gasteiger partial charge in [-0.25, -0.2) is 9.97 Å². The van der Waals surface area contributed by atoms with Crippen molar-refractivity contribution in [3.05, 3.63) is 47.7 Å². The molecule has 3 aromatic rings. The predicted molar refractivity (Wildman–Crippen MR) is 91.2 cm³/mol. The largest absolute Gasteiger partial charge is 0.302 e. The minimum Gasteiger partial charge on any atom is -0.302 e. The Balaban J connectivity index is 1.51. The maximum Gasteiger partial charge on any atom is 0.227 e. The molecule has 0 aliphatic carbocycles. The van der Waals surface area contributed by atoms with Gasteiger partial charge in [0, 0.05) is 31.1 Å². The van der Waals surface area contributed by atoms with Gasteiger partial charge >= 0.3 is 0 Å². The van der Waals surface area contributed by atoms with E-state index in [-0.39, 0.29) is 5.91 Å². The first-order chi connectivity index (χ1) is 11.2. The number of thiazole rings is 1. The van der Waals surface area contributed by atoms with E-state index in [2.05, 4.69) is 25.2 Å². The van der Waals surface area contributed by atoms with Crippen molar-refractivity contribution in [2.75, 3.05) is 18.9 Å². The summed E-state index contributed by atoms with van der Waals surface area (Å²) in [6.07, 6.45) is 3.87. The topological polar surface area (TPSA) is 71.0 Å². The highest BCUT2D eigenvalue weighted by atomic mass is 32.1. The fraction of sp³-hybridized carbons (Fsp3) is 0.250. The van der Waals surface area contributed by atoms with Gasteiger partial charge in [0.2, 0.25) is 5.91 Å². The third-order valence-corrected chi connectivity index (χ3v) is 4.02. The van der Waals surface area contributed by atoms with Crippen molar-refractivity contribution in [1.82, 2.24) is 19.9 Å². The van der Waals surface area contributed by atoms with Gasteiger partial charge in [-0.3, -0.25) is 14.7 Å². The molecule has 2 aromatic heterocycles. The van der Waals surface area contributed by atoms with E-state index in [4.69, 9.17) is 0 Å². The van der Waals surface area contributed by atoms with Crippen LogP contribution in [-0.2, 0) is 11.3 Å². The smallest absolute Gasteiger partial charge is 0.227 e. The Hall–Kier alpha value is -2.38. The summed E-state index contributed by atoms with van der Waals surface area (Å²) in [5.74, 6) is -0.0311. The lowest BCUT2D eigenvalue weighted by atomic mass is 10.3. The van der Waals surface area contributed by atoms with E-state index in [1.165, 1.54) is 11.3 Å². The van der Waals surface area contributed by atoms with Gasteiger partial charge in [-0.05, 0) is 19.2 Å². The number of carbonyl (C=O) groups excluding carboxylic acids is 1. The summed E-state index contributed by atoms with van der Waals surface area (Å²) in [6.45, 7) is 1.30. The van der Waals surface area contributed by atoms with Gasteiger partial charge < -0.3 is 5.32 Å². The second-order valence-corrected chi connectivity index (χ2v) is 6.12. The summed E-state index contributed by atoms with van der Waals surface area (Å²) in [5.41, 5.74) is 2.67. The molecule has 0 atom stereocenters. The molecule has 1 N–H and O–H groups in total. The third-order valence-electron chi connectivity index (χ3n) is 3.33. The monoisotopic (exact) mass is 327 g/mol. The zero-order valence-electron chi connectivity index (χ0n) is 12.8. The number of nitrogens with zero attached hydrogens (tertiary/aromatic N) is 4. The predicted octanol–water partition coefficient (Wildman–Crippen LogP) is 2.55. The Bertz CT molecular complexity index is 790. The zero-order valence-corrected chi connectivity index (χ0v) is 13.6. The molecule has 1 amide bonds. The molecule has 0 spiro atoms. The number of amides is 1. The Labute approximate surface area is 138 Å². The van der Waals surface area contributed by atoms with Gasteiger partial charge in [-0.15, -0.1) is 11.3 Å². The average Bonchev–Trinajstić information content (AvgIpc) is 3.06. The van der Waals surface area contributed by atoms with E-state index < -0.39 is 0 Å². The normalized spacial score (nSPS) is 11.0. The van der Waals surface area contributed by atoms with E-state index in [1.54, 1.807) is 12.4 Å². The molecule has 0 saturated carbocycles. The Kier molecular flexibility index (Phi) is 4.89. The molecule has 1 aromatic carbocycles. The molecule has 0 bridgehead atoms. The summed E-state index contributed by atoms with van der Waals surface area (Å²) in [4.78, 5) is 26.9. The number of para-hydroxylation sites is 2. The first-order valence-corrected chi connectivity index (χ1v) is 8.17. The van der Waals surface area contributed by atoms with Gasteiger partial charge in [0.05, 0.1) is 22.9 Å². The van der Waals surface area contributed by atoms with Gasteiger partial charge in [0.15, 0.2) is 5.13 Å². The Morgan fingerprint density at radius 1 is 1.26 bits per heavy atom. The lowest BCUT2D eigenvalue weighted by Gasteiger charge is -2.15. The molecular formula is C16H17N5OS. The molecule has 0 unspecified atom stereocenters. The average molecular weight is 327 g/mol. The van der Waals surface area contributed by atoms with Crippen LogP contribution >= 0.6 is 11.3 Å². The third kappa shape index (κ3) is 4.30. The molecule has 0 saturated heterocycles. The number of carbonyl (C=O) groups is 1. The molecule has 118 valence electrons. The van der Waals surface area contributed by atoms with Crippen molar-refractivity contribution in [2.45, 2.75) is 13.0 Å². The van der Waals surface area contributed by atoms with Crippen LogP contribution < -0.4 is 5.32 Å². The summed E-state index contributed by atoms with van der Waals surface area (Å²) < 4.78 is 0. The van der Waals surface area contributed by atoms with Gasteiger partial charge in [0.25, 0.3) is 0 Å². The maximum atomic E-state index is 11.8. The number of hydrogen-bond donors (Lipinski definition) is 1. The van der Waals surface area contributed by atoms with Crippen LogP contribution in [0.5, 0.6) is 0 Å². The summed E-state index contributed by atoms with van der Waals surface area (Å²) in [5, 5.41) is 5.25. The van der Waals surface area contributed by atoms with E-state index in [0.29, 0.717) is 24.6 Å². The minimum atomic E-state index is -0.0311. The van der Waals surface area contributed by atoms with Crippen LogP contribution in [0.1, 0.15) is 12.1 Å². The fourth-order valence-corrected chi connectivity index (χ4v) is 2.73. The molecule has 6 nitrogen and oxygen atoms in total. The maximum absolute atomic E-state index is 11.8. The molecule has 7 heteroatoms. The second kappa shape index (κ2) is 7.26. The van der Waals surface area contributed by atoms with Crippen LogP contribution in [-0.4, -0.2) is 39.4 Å². The molecule has 0 aliphatic heterocycles. The van der Waals surface area contributed by atoms with Crippen LogP contribution in [0.15, 0.2) is 42.0 Å². The molecule has 23 heavy (non-hydrogen) atoms. The van der Waals surface area contributed by atoms with E-state index in [0.717, 1.165) is 16.7 Å². The van der Waals surface area contributed by atoms with Crippen LogP contribution in [0.2, 0.25) is 0 Å². The van der Waals surface area contributed by atoms with E-state index >= 15 is 0 Å². The Morgan fingerprint density at radius 3 is 2.87 bits per heavy atom. The second-order valence-electron chi connectivity index (χ2n) is 5.22. The standard InChI is InChI=1S/C16H17N5OS/c1-21(8-6-15(22)20-16-17-7-9-23-16)11-12-10-18-13-4-2-3-5-14(13)19-12/h2-5,7,9-10H,6,8,11H2,1H3,(H,17,20,22). The van der Waals surface area contributed by atoms with Crippen molar-refractivity contribution in [3.8, 4) is 0 Å². The molecule has 0 aliphatic rings. The minimum absolute atomic E-state index is 0.0311. The number of benzene rings is 1. The Morgan fingerprint density at radius 2 is 2.09 bits per heavy atom. The number of rotatable bonds is 6.